The first-order valence-electron chi connectivity index (χ1n) is 6.25. The average molecular weight is 341 g/mol. The van der Waals surface area contributed by atoms with E-state index in [2.05, 4.69) is 10.1 Å². The summed E-state index contributed by atoms with van der Waals surface area (Å²) in [5, 5.41) is 4.62. The SMILES string of the molecule is COC(=O)c1cc(Cl)ccc1NC(=O)Cn1c(C)csc1=O. The number of ether oxygens (including phenoxy) is 1. The van der Waals surface area contributed by atoms with Gasteiger partial charge < -0.3 is 10.1 Å². The van der Waals surface area contributed by atoms with Crippen molar-refractivity contribution in [2.75, 3.05) is 12.4 Å². The van der Waals surface area contributed by atoms with Gasteiger partial charge in [0.1, 0.15) is 6.54 Å². The number of carbonyl (C=O) groups is 2. The summed E-state index contributed by atoms with van der Waals surface area (Å²) in [6.45, 7) is 1.62. The third-order valence-electron chi connectivity index (χ3n) is 2.94. The highest BCUT2D eigenvalue weighted by Gasteiger charge is 2.15. The number of amides is 1. The maximum absolute atomic E-state index is 12.1. The summed E-state index contributed by atoms with van der Waals surface area (Å²) in [7, 11) is 1.24. The van der Waals surface area contributed by atoms with E-state index >= 15 is 0 Å². The van der Waals surface area contributed by atoms with Crippen molar-refractivity contribution >= 4 is 40.5 Å². The number of thiazole rings is 1. The Balaban J connectivity index is 2.22. The Bertz CT molecular complexity index is 781. The van der Waals surface area contributed by atoms with Crippen LogP contribution in [0.2, 0.25) is 5.02 Å². The second-order valence-electron chi connectivity index (χ2n) is 4.46. The zero-order valence-electron chi connectivity index (χ0n) is 11.9. The lowest BCUT2D eigenvalue weighted by atomic mass is 10.1. The number of esters is 1. The lowest BCUT2D eigenvalue weighted by Gasteiger charge is -2.11. The average Bonchev–Trinajstić information content (AvgIpc) is 2.80. The summed E-state index contributed by atoms with van der Waals surface area (Å²) < 4.78 is 6.01. The van der Waals surface area contributed by atoms with Crippen LogP contribution in [-0.2, 0) is 16.1 Å². The van der Waals surface area contributed by atoms with Crippen LogP contribution < -0.4 is 10.2 Å². The Labute approximate surface area is 135 Å². The van der Waals surface area contributed by atoms with Gasteiger partial charge in [-0.05, 0) is 25.1 Å². The summed E-state index contributed by atoms with van der Waals surface area (Å²) in [6, 6.07) is 4.46. The molecule has 2 aromatic rings. The first kappa shape index (κ1) is 16.3. The number of halogens is 1. The molecule has 1 heterocycles. The minimum absolute atomic E-state index is 0.128. The number of nitrogens with one attached hydrogen (secondary N) is 1. The number of anilines is 1. The molecule has 0 unspecified atom stereocenters. The minimum Gasteiger partial charge on any atom is -0.465 e. The van der Waals surface area contributed by atoms with Crippen LogP contribution in [0.4, 0.5) is 5.69 Å². The Morgan fingerprint density at radius 3 is 2.73 bits per heavy atom. The number of carbonyl (C=O) groups excluding carboxylic acids is 2. The number of aryl methyl sites for hydroxylation is 1. The predicted octanol–water partition coefficient (Wildman–Crippen LogP) is 2.30. The summed E-state index contributed by atoms with van der Waals surface area (Å²) in [5.74, 6) is -1.03. The van der Waals surface area contributed by atoms with Crippen LogP contribution in [0, 0.1) is 6.92 Å². The van der Waals surface area contributed by atoms with Crippen molar-refractivity contribution in [1.29, 1.82) is 0 Å². The van der Waals surface area contributed by atoms with E-state index in [9.17, 15) is 14.4 Å². The molecule has 0 atom stereocenters. The number of rotatable bonds is 4. The van der Waals surface area contributed by atoms with Crippen molar-refractivity contribution in [3.8, 4) is 0 Å². The Morgan fingerprint density at radius 1 is 1.41 bits per heavy atom. The first-order valence-corrected chi connectivity index (χ1v) is 7.50. The summed E-state index contributed by atoms with van der Waals surface area (Å²) >= 11 is 6.88. The molecule has 116 valence electrons. The molecule has 22 heavy (non-hydrogen) atoms. The van der Waals surface area contributed by atoms with Gasteiger partial charge in [0.05, 0.1) is 18.4 Å². The van der Waals surface area contributed by atoms with Crippen molar-refractivity contribution in [3.63, 3.8) is 0 Å². The zero-order chi connectivity index (χ0) is 16.3. The molecule has 1 aromatic carbocycles. The molecule has 8 heteroatoms. The van der Waals surface area contributed by atoms with Gasteiger partial charge in [0.15, 0.2) is 0 Å². The van der Waals surface area contributed by atoms with Crippen molar-refractivity contribution in [2.45, 2.75) is 13.5 Å². The van der Waals surface area contributed by atoms with E-state index in [1.54, 1.807) is 18.4 Å². The topological polar surface area (TPSA) is 77.4 Å². The smallest absolute Gasteiger partial charge is 0.340 e. The molecule has 1 N–H and O–H groups in total. The van der Waals surface area contributed by atoms with Gasteiger partial charge in [0.25, 0.3) is 0 Å². The standard InChI is InChI=1S/C14H13ClN2O4S/c1-8-7-22-14(20)17(8)6-12(18)16-11-4-3-9(15)5-10(11)13(19)21-2/h3-5,7H,6H2,1-2H3,(H,16,18). The molecule has 0 radical (unpaired) electrons. The van der Waals surface area contributed by atoms with Crippen LogP contribution in [0.15, 0.2) is 28.4 Å². The molecule has 0 saturated heterocycles. The molecule has 0 spiro atoms. The second-order valence-corrected chi connectivity index (χ2v) is 5.72. The van der Waals surface area contributed by atoms with Crippen LogP contribution in [-0.4, -0.2) is 23.6 Å². The van der Waals surface area contributed by atoms with Gasteiger partial charge in [0, 0.05) is 16.1 Å². The normalized spacial score (nSPS) is 10.3. The highest BCUT2D eigenvalue weighted by molar-refractivity contribution is 7.07. The number of benzene rings is 1. The fourth-order valence-electron chi connectivity index (χ4n) is 1.83. The highest BCUT2D eigenvalue weighted by atomic mass is 35.5. The molecule has 6 nitrogen and oxygen atoms in total. The number of hydrogen-bond acceptors (Lipinski definition) is 5. The molecule has 2 rings (SSSR count). The maximum atomic E-state index is 12.1. The molecule has 0 aliphatic rings. The quantitative estimate of drug-likeness (QED) is 0.866. The van der Waals surface area contributed by atoms with E-state index in [4.69, 9.17) is 11.6 Å². The molecule has 0 saturated carbocycles. The van der Waals surface area contributed by atoms with Gasteiger partial charge in [-0.1, -0.05) is 22.9 Å². The molecular formula is C14H13ClN2O4S. The van der Waals surface area contributed by atoms with Crippen LogP contribution >= 0.6 is 22.9 Å². The molecule has 1 amide bonds. The van der Waals surface area contributed by atoms with Crippen molar-refractivity contribution in [2.24, 2.45) is 0 Å². The lowest BCUT2D eigenvalue weighted by molar-refractivity contribution is -0.116. The van der Waals surface area contributed by atoms with E-state index in [0.29, 0.717) is 10.7 Å². The van der Waals surface area contributed by atoms with E-state index in [0.717, 1.165) is 11.3 Å². The minimum atomic E-state index is -0.610. The van der Waals surface area contributed by atoms with Gasteiger partial charge in [-0.2, -0.15) is 0 Å². The van der Waals surface area contributed by atoms with Crippen LogP contribution in [0.25, 0.3) is 0 Å². The van der Waals surface area contributed by atoms with Gasteiger partial charge in [-0.3, -0.25) is 14.2 Å². The number of hydrogen-bond donors (Lipinski definition) is 1. The Morgan fingerprint density at radius 2 is 2.14 bits per heavy atom. The second kappa shape index (κ2) is 6.76. The van der Waals surface area contributed by atoms with Gasteiger partial charge in [0.2, 0.25) is 5.91 Å². The van der Waals surface area contributed by atoms with Crippen LogP contribution in [0.1, 0.15) is 16.1 Å². The largest absolute Gasteiger partial charge is 0.465 e. The fourth-order valence-corrected chi connectivity index (χ4v) is 2.74. The van der Waals surface area contributed by atoms with Gasteiger partial charge in [-0.15, -0.1) is 0 Å². The summed E-state index contributed by atoms with van der Waals surface area (Å²) in [6.07, 6.45) is 0. The van der Waals surface area contributed by atoms with E-state index in [1.165, 1.54) is 23.8 Å². The van der Waals surface area contributed by atoms with E-state index in [-0.39, 0.29) is 22.7 Å². The molecule has 0 bridgehead atoms. The highest BCUT2D eigenvalue weighted by Crippen LogP contribution is 2.21. The van der Waals surface area contributed by atoms with Crippen molar-refractivity contribution < 1.29 is 14.3 Å². The van der Waals surface area contributed by atoms with Crippen molar-refractivity contribution in [3.05, 3.63) is 49.5 Å². The first-order chi connectivity index (χ1) is 10.4. The molecule has 1 aromatic heterocycles. The van der Waals surface area contributed by atoms with E-state index in [1.807, 2.05) is 0 Å². The molecular weight excluding hydrogens is 328 g/mol. The van der Waals surface area contributed by atoms with E-state index < -0.39 is 11.9 Å². The van der Waals surface area contributed by atoms with Crippen LogP contribution in [0.5, 0.6) is 0 Å². The number of aromatic nitrogens is 1. The van der Waals surface area contributed by atoms with Gasteiger partial charge in [-0.25, -0.2) is 4.79 Å². The predicted molar refractivity (Wildman–Crippen MR) is 84.7 cm³/mol. The third kappa shape index (κ3) is 3.55. The molecule has 0 fully saturated rings. The molecule has 0 aliphatic heterocycles. The van der Waals surface area contributed by atoms with Crippen molar-refractivity contribution in [1.82, 2.24) is 4.57 Å². The number of methoxy groups -OCH3 is 1. The van der Waals surface area contributed by atoms with Gasteiger partial charge >= 0.3 is 10.8 Å². The monoisotopic (exact) mass is 340 g/mol. The Kier molecular flexibility index (Phi) is 4.99. The molecule has 0 aliphatic carbocycles. The van der Waals surface area contributed by atoms with Crippen LogP contribution in [0.3, 0.4) is 0 Å². The summed E-state index contributed by atoms with van der Waals surface area (Å²) in [4.78, 5) is 35.2. The third-order valence-corrected chi connectivity index (χ3v) is 4.06. The maximum Gasteiger partial charge on any atom is 0.340 e. The fraction of sp³-hybridized carbons (Fsp3) is 0.214. The summed E-state index contributed by atoms with van der Waals surface area (Å²) in [5.41, 5.74) is 1.13. The Hall–Kier alpha value is -2.12. The zero-order valence-corrected chi connectivity index (χ0v) is 13.5. The lowest BCUT2D eigenvalue weighted by Crippen LogP contribution is -2.26. The number of nitrogens with zero attached hydrogens (tertiary/aromatic N) is 1.